The molecule has 1 aromatic heterocycles. The third-order valence-corrected chi connectivity index (χ3v) is 6.87. The van der Waals surface area contributed by atoms with Gasteiger partial charge in [-0.25, -0.2) is 4.98 Å². The van der Waals surface area contributed by atoms with E-state index in [1.165, 1.54) is 0 Å². The maximum absolute atomic E-state index is 8.60. The Morgan fingerprint density at radius 2 is 1.88 bits per heavy atom. The molecular weight excluding hydrogens is 424 g/mol. The Labute approximate surface area is 196 Å². The molecule has 3 heterocycles. The van der Waals surface area contributed by atoms with Crippen molar-refractivity contribution in [1.82, 2.24) is 4.98 Å². The Hall–Kier alpha value is -4.10. The number of benzene rings is 2. The number of aliphatic imine (C=N–C) groups is 2. The molecule has 34 heavy (non-hydrogen) atoms. The van der Waals surface area contributed by atoms with Gasteiger partial charge in [0.1, 0.15) is 11.9 Å². The third-order valence-electron chi connectivity index (χ3n) is 6.87. The molecule has 8 heteroatoms. The summed E-state index contributed by atoms with van der Waals surface area (Å²) in [6.07, 6.45) is 7.28. The normalized spacial score (nSPS) is 25.0. The average Bonchev–Trinajstić information content (AvgIpc) is 3.15. The number of nitrogens with two attached hydrogens (primary N) is 1. The molecule has 0 amide bonds. The molecule has 3 aromatic rings. The van der Waals surface area contributed by atoms with Crippen LogP contribution in [0.25, 0.3) is 32.6 Å². The van der Waals surface area contributed by atoms with Crippen molar-refractivity contribution in [2.24, 2.45) is 32.8 Å². The predicted molar refractivity (Wildman–Crippen MR) is 133 cm³/mol. The molecule has 166 valence electrons. The Balaban J connectivity index is 1.38. The van der Waals surface area contributed by atoms with Crippen LogP contribution < -0.4 is 5.84 Å². The second-order valence-electron chi connectivity index (χ2n) is 8.98. The van der Waals surface area contributed by atoms with Gasteiger partial charge in [0.05, 0.1) is 29.2 Å². The molecule has 2 N–H and O–H groups in total. The van der Waals surface area contributed by atoms with Crippen LogP contribution in [-0.4, -0.2) is 28.2 Å². The molecule has 0 saturated heterocycles. The quantitative estimate of drug-likeness (QED) is 0.184. The zero-order chi connectivity index (χ0) is 23.1. The lowest BCUT2D eigenvalue weighted by atomic mass is 9.73. The van der Waals surface area contributed by atoms with Crippen molar-refractivity contribution in [2.45, 2.75) is 12.8 Å². The number of amidine groups is 1. The van der Waals surface area contributed by atoms with E-state index in [1.807, 2.05) is 36.7 Å². The number of hydrogen-bond donors (Lipinski definition) is 1. The fourth-order valence-electron chi connectivity index (χ4n) is 4.99. The summed E-state index contributed by atoms with van der Waals surface area (Å²) in [5.41, 5.74) is 14.3. The first-order chi connectivity index (χ1) is 16.7. The van der Waals surface area contributed by atoms with E-state index in [0.29, 0.717) is 12.5 Å². The zero-order valence-corrected chi connectivity index (χ0v) is 18.5. The highest BCUT2D eigenvalue weighted by molar-refractivity contribution is 6.02. The van der Waals surface area contributed by atoms with Gasteiger partial charge in [-0.15, -0.1) is 4.59 Å². The van der Waals surface area contributed by atoms with Crippen LogP contribution in [0.15, 0.2) is 99.6 Å². The van der Waals surface area contributed by atoms with Crippen molar-refractivity contribution in [1.29, 1.82) is 0 Å². The fourth-order valence-corrected chi connectivity index (χ4v) is 4.99. The van der Waals surface area contributed by atoms with Crippen LogP contribution in [0, 0.1) is 11.8 Å². The van der Waals surface area contributed by atoms with Gasteiger partial charge in [-0.2, -0.15) is 10.8 Å². The highest BCUT2D eigenvalue weighted by Gasteiger charge is 2.47. The van der Waals surface area contributed by atoms with Crippen LogP contribution in [0.1, 0.15) is 18.4 Å². The summed E-state index contributed by atoms with van der Waals surface area (Å²) in [7, 11) is 0. The van der Waals surface area contributed by atoms with E-state index in [9.17, 15) is 0 Å². The smallest absolute Gasteiger partial charge is 0.253 e. The molecule has 1 atom stereocenters. The van der Waals surface area contributed by atoms with E-state index in [0.717, 1.165) is 57.8 Å². The van der Waals surface area contributed by atoms with E-state index < -0.39 is 0 Å². The molecule has 0 radical (unpaired) electrons. The van der Waals surface area contributed by atoms with Gasteiger partial charge in [0.15, 0.2) is 0 Å². The van der Waals surface area contributed by atoms with Crippen molar-refractivity contribution >= 4 is 23.0 Å². The maximum Gasteiger partial charge on any atom is 0.264 e. The second kappa shape index (κ2) is 8.04. The van der Waals surface area contributed by atoms with Gasteiger partial charge in [0.25, 0.3) is 5.84 Å². The fraction of sp³-hybridized carbons (Fsp3) is 0.192. The topological polar surface area (TPSA) is 112 Å². The number of hydrogen-bond acceptors (Lipinski definition) is 5. The number of rotatable bonds is 5. The van der Waals surface area contributed by atoms with Gasteiger partial charge >= 0.3 is 0 Å². The molecule has 8 nitrogen and oxygen atoms in total. The third kappa shape index (κ3) is 3.33. The molecule has 0 bridgehead atoms. The summed E-state index contributed by atoms with van der Waals surface area (Å²) in [4.78, 5) is 17.2. The number of fused-ring (bicyclic) bond motifs is 2. The van der Waals surface area contributed by atoms with Crippen LogP contribution in [0.3, 0.4) is 0 Å². The van der Waals surface area contributed by atoms with Crippen LogP contribution in [-0.2, 0) is 0 Å². The molecule has 6 rings (SSSR count). The van der Waals surface area contributed by atoms with Crippen molar-refractivity contribution in [2.75, 3.05) is 6.54 Å². The summed E-state index contributed by atoms with van der Waals surface area (Å²) >= 11 is 0. The van der Waals surface area contributed by atoms with Crippen molar-refractivity contribution in [3.05, 3.63) is 100 Å². The predicted octanol–water partition coefficient (Wildman–Crippen LogP) is 5.46. The summed E-state index contributed by atoms with van der Waals surface area (Å²) < 4.78 is 0.000229. The van der Waals surface area contributed by atoms with Gasteiger partial charge < -0.3 is 0 Å². The minimum Gasteiger partial charge on any atom is -0.253 e. The highest BCUT2D eigenvalue weighted by Crippen LogP contribution is 2.45. The summed E-state index contributed by atoms with van der Waals surface area (Å²) in [5, 5.41) is 4.79. The molecule has 2 aromatic carbocycles. The number of allylic oxidation sites excluding steroid dienone is 2. The van der Waals surface area contributed by atoms with Crippen LogP contribution in [0.2, 0.25) is 0 Å². The Bertz CT molecular complexity index is 1460. The van der Waals surface area contributed by atoms with E-state index in [2.05, 4.69) is 51.4 Å². The van der Waals surface area contributed by atoms with Crippen molar-refractivity contribution in [3.63, 3.8) is 0 Å². The molecule has 2 aliphatic heterocycles. The summed E-state index contributed by atoms with van der Waals surface area (Å²) in [6.45, 7) is 0.531. The number of azide groups is 1. The monoisotopic (exact) mass is 447 g/mol. The standard InChI is InChI=1S/C26H23N8/c27-33-30-15-17-12-21(13-17)25-24-16-29-10-11-34(24,28)26(32-25)20-7-6-19-8-9-22(31-23(19)14-20)18-4-2-1-3-5-18/h1-11,14,16-17,21H,12-13,15,28H2/q+1. The van der Waals surface area contributed by atoms with Crippen molar-refractivity contribution < 1.29 is 4.59 Å². The lowest BCUT2D eigenvalue weighted by Gasteiger charge is -2.34. The second-order valence-corrected chi connectivity index (χ2v) is 8.98. The molecular formula is C26H23N8+. The van der Waals surface area contributed by atoms with Gasteiger partial charge in [-0.3, -0.25) is 4.99 Å². The SMILES string of the molecule is [N-]=[N+]=NCC1CC(C2=C3C=NC=C[N+]3(N)C(c3ccc4ccc(-c5ccccc5)nc4c3)=N2)C1. The van der Waals surface area contributed by atoms with E-state index in [1.54, 1.807) is 6.20 Å². The Morgan fingerprint density at radius 1 is 1.06 bits per heavy atom. The number of pyridine rings is 1. The number of quaternary nitrogens is 1. The van der Waals surface area contributed by atoms with Gasteiger partial charge in [-0.1, -0.05) is 47.6 Å². The summed E-state index contributed by atoms with van der Waals surface area (Å²) in [5.74, 6) is 8.35. The van der Waals surface area contributed by atoms with Gasteiger partial charge in [-0.05, 0) is 42.5 Å². The molecule has 1 aliphatic carbocycles. The zero-order valence-electron chi connectivity index (χ0n) is 18.5. The van der Waals surface area contributed by atoms with Gasteiger partial charge in [0, 0.05) is 28.3 Å². The minimum absolute atomic E-state index is 0.000229. The molecule has 0 spiro atoms. The summed E-state index contributed by atoms with van der Waals surface area (Å²) in [6, 6.07) is 20.5. The van der Waals surface area contributed by atoms with Crippen LogP contribution in [0.4, 0.5) is 0 Å². The first-order valence-electron chi connectivity index (χ1n) is 11.4. The molecule has 1 unspecified atom stereocenters. The maximum atomic E-state index is 8.60. The van der Waals surface area contributed by atoms with Crippen LogP contribution >= 0.6 is 0 Å². The molecule has 1 saturated carbocycles. The Kier molecular flexibility index (Phi) is 4.85. The van der Waals surface area contributed by atoms with E-state index in [4.69, 9.17) is 21.4 Å². The Morgan fingerprint density at radius 3 is 2.71 bits per heavy atom. The number of aromatic nitrogens is 1. The molecule has 3 aliphatic rings. The highest BCUT2D eigenvalue weighted by atomic mass is 15.6. The largest absolute Gasteiger partial charge is 0.264 e. The van der Waals surface area contributed by atoms with Gasteiger partial charge in [0.2, 0.25) is 5.70 Å². The van der Waals surface area contributed by atoms with Crippen LogP contribution in [0.5, 0.6) is 0 Å². The van der Waals surface area contributed by atoms with E-state index in [-0.39, 0.29) is 10.5 Å². The lowest BCUT2D eigenvalue weighted by molar-refractivity contribution is -0.750. The van der Waals surface area contributed by atoms with E-state index >= 15 is 0 Å². The lowest BCUT2D eigenvalue weighted by Crippen LogP contribution is -2.53. The average molecular weight is 448 g/mol. The molecule has 1 fully saturated rings. The first kappa shape index (κ1) is 20.5. The van der Waals surface area contributed by atoms with Crippen molar-refractivity contribution in [3.8, 4) is 11.3 Å². The first-order valence-corrected chi connectivity index (χ1v) is 11.4. The minimum atomic E-state index is 0.000229. The number of nitrogens with zero attached hydrogens (tertiary/aromatic N) is 7.